The number of nitrogens with zero attached hydrogens (tertiary/aromatic N) is 2. The average Bonchev–Trinajstić information content (AvgIpc) is 2.81. The molecular weight excluding hydrogens is 432 g/mol. The van der Waals surface area contributed by atoms with Crippen LogP contribution in [0.15, 0.2) is 57.9 Å². The fourth-order valence-electron chi connectivity index (χ4n) is 3.97. The molecular formula is C27H34N2O5. The van der Waals surface area contributed by atoms with Gasteiger partial charge in [-0.2, -0.15) is 0 Å². The van der Waals surface area contributed by atoms with Crippen molar-refractivity contribution in [2.75, 3.05) is 46.4 Å². The van der Waals surface area contributed by atoms with Gasteiger partial charge in [-0.1, -0.05) is 32.9 Å². The highest BCUT2D eigenvalue weighted by Crippen LogP contribution is 2.27. The molecule has 2 heterocycles. The van der Waals surface area contributed by atoms with E-state index in [0.29, 0.717) is 29.0 Å². The van der Waals surface area contributed by atoms with Crippen LogP contribution in [0.2, 0.25) is 0 Å². The lowest BCUT2D eigenvalue weighted by Crippen LogP contribution is -2.47. The van der Waals surface area contributed by atoms with Gasteiger partial charge in [0.05, 0.1) is 5.39 Å². The van der Waals surface area contributed by atoms with Crippen LogP contribution < -0.4 is 14.9 Å². The lowest BCUT2D eigenvalue weighted by atomic mass is 9.87. The van der Waals surface area contributed by atoms with Gasteiger partial charge in [0.15, 0.2) is 0 Å². The second-order valence-electron chi connectivity index (χ2n) is 10.0. The molecule has 0 spiro atoms. The number of β-amino-alcohol motifs (C(OH)–C–C–N with tert-alkyl or cyclic N) is 1. The van der Waals surface area contributed by atoms with Crippen LogP contribution in [0.1, 0.15) is 26.3 Å². The Bertz CT molecular complexity index is 1160. The highest BCUT2D eigenvalue weighted by Gasteiger charge is 2.18. The number of rotatable bonds is 7. The third-order valence-corrected chi connectivity index (χ3v) is 6.17. The highest BCUT2D eigenvalue weighted by molar-refractivity contribution is 5.79. The Labute approximate surface area is 200 Å². The topological polar surface area (TPSA) is 75.4 Å². The minimum atomic E-state index is -0.591. The van der Waals surface area contributed by atoms with Crippen molar-refractivity contribution >= 4 is 11.0 Å². The summed E-state index contributed by atoms with van der Waals surface area (Å²) in [7, 11) is 2.11. The van der Waals surface area contributed by atoms with E-state index in [1.807, 2.05) is 24.3 Å². The molecule has 1 aliphatic rings. The summed E-state index contributed by atoms with van der Waals surface area (Å²) < 4.78 is 17.2. The lowest BCUT2D eigenvalue weighted by molar-refractivity contribution is 0.0505. The molecule has 2 aromatic carbocycles. The zero-order valence-electron chi connectivity index (χ0n) is 20.4. The molecule has 0 aliphatic carbocycles. The van der Waals surface area contributed by atoms with Gasteiger partial charge in [0.2, 0.25) is 11.2 Å². The standard InChI is InChI=1S/C27H34N2O5/c1-27(2,3)19-5-7-21(8-6-19)34-25-18-33-24-15-22(9-10-23(24)26(25)31)32-17-20(30)16-29-13-11-28(4)12-14-29/h5-10,15,18,20,30H,11-14,16-17H2,1-4H3. The van der Waals surface area contributed by atoms with Gasteiger partial charge in [0, 0.05) is 38.8 Å². The SMILES string of the molecule is CN1CCN(CC(O)COc2ccc3c(=O)c(Oc4ccc(C(C)(C)C)cc4)coc3c2)CC1. The van der Waals surface area contributed by atoms with Crippen LogP contribution in [-0.2, 0) is 5.41 Å². The van der Waals surface area contributed by atoms with Gasteiger partial charge >= 0.3 is 0 Å². The monoisotopic (exact) mass is 466 g/mol. The molecule has 0 amide bonds. The molecule has 0 saturated carbocycles. The molecule has 1 unspecified atom stereocenters. The third kappa shape index (κ3) is 5.97. The minimum absolute atomic E-state index is 0.0426. The molecule has 34 heavy (non-hydrogen) atoms. The predicted molar refractivity (Wildman–Crippen MR) is 133 cm³/mol. The molecule has 182 valence electrons. The van der Waals surface area contributed by atoms with Crippen molar-refractivity contribution in [3.05, 3.63) is 64.5 Å². The summed E-state index contributed by atoms with van der Waals surface area (Å²) in [5, 5.41) is 10.8. The molecule has 1 fully saturated rings. The quantitative estimate of drug-likeness (QED) is 0.567. The first-order valence-corrected chi connectivity index (χ1v) is 11.7. The van der Waals surface area contributed by atoms with E-state index in [1.54, 1.807) is 18.2 Å². The third-order valence-electron chi connectivity index (χ3n) is 6.17. The number of hydrogen-bond donors (Lipinski definition) is 1. The Balaban J connectivity index is 1.39. The second-order valence-corrected chi connectivity index (χ2v) is 10.0. The van der Waals surface area contributed by atoms with E-state index in [1.165, 1.54) is 11.8 Å². The summed E-state index contributed by atoms with van der Waals surface area (Å²) in [4.78, 5) is 17.4. The van der Waals surface area contributed by atoms with E-state index in [2.05, 4.69) is 37.6 Å². The van der Waals surface area contributed by atoms with Crippen LogP contribution in [-0.4, -0.2) is 67.4 Å². The molecule has 1 aliphatic heterocycles. The summed E-state index contributed by atoms with van der Waals surface area (Å²) >= 11 is 0. The van der Waals surface area contributed by atoms with Gasteiger partial charge in [-0.3, -0.25) is 9.69 Å². The molecule has 1 N–H and O–H groups in total. The smallest absolute Gasteiger partial charge is 0.235 e. The Hall–Kier alpha value is -2.87. The van der Waals surface area contributed by atoms with Crippen molar-refractivity contribution in [3.8, 4) is 17.2 Å². The lowest BCUT2D eigenvalue weighted by Gasteiger charge is -2.33. The first kappa shape index (κ1) is 24.3. The maximum absolute atomic E-state index is 12.9. The first-order valence-electron chi connectivity index (χ1n) is 11.7. The van der Waals surface area contributed by atoms with Gasteiger partial charge in [-0.15, -0.1) is 0 Å². The summed E-state index contributed by atoms with van der Waals surface area (Å²) in [6.45, 7) is 11.1. The highest BCUT2D eigenvalue weighted by atomic mass is 16.5. The Kier molecular flexibility index (Phi) is 7.26. The fraction of sp³-hybridized carbons (Fsp3) is 0.444. The molecule has 1 atom stereocenters. The van der Waals surface area contributed by atoms with Crippen molar-refractivity contribution in [3.63, 3.8) is 0 Å². The number of piperazine rings is 1. The summed E-state index contributed by atoms with van der Waals surface area (Å²) in [5.74, 6) is 1.25. The zero-order valence-corrected chi connectivity index (χ0v) is 20.4. The van der Waals surface area contributed by atoms with E-state index in [4.69, 9.17) is 13.9 Å². The predicted octanol–water partition coefficient (Wildman–Crippen LogP) is 3.87. The van der Waals surface area contributed by atoms with Gasteiger partial charge in [0.25, 0.3) is 0 Å². The number of ether oxygens (including phenoxy) is 2. The van der Waals surface area contributed by atoms with E-state index in [0.717, 1.165) is 26.2 Å². The molecule has 0 bridgehead atoms. The normalized spacial score (nSPS) is 16.5. The van der Waals surface area contributed by atoms with E-state index < -0.39 is 6.10 Å². The molecule has 7 nitrogen and oxygen atoms in total. The van der Waals surface area contributed by atoms with Crippen LogP contribution in [0.25, 0.3) is 11.0 Å². The maximum atomic E-state index is 12.9. The number of aliphatic hydroxyl groups is 1. The first-order chi connectivity index (χ1) is 16.2. The molecule has 1 saturated heterocycles. The van der Waals surface area contributed by atoms with E-state index in [9.17, 15) is 9.90 Å². The van der Waals surface area contributed by atoms with Gasteiger partial charge < -0.3 is 23.9 Å². The summed E-state index contributed by atoms with van der Waals surface area (Å²) in [5.41, 5.74) is 1.39. The molecule has 7 heteroatoms. The molecule has 1 aromatic heterocycles. The Morgan fingerprint density at radius 1 is 1.03 bits per heavy atom. The van der Waals surface area contributed by atoms with Crippen molar-refractivity contribution < 1.29 is 19.0 Å². The summed E-state index contributed by atoms with van der Waals surface area (Å²) in [6, 6.07) is 12.8. The van der Waals surface area contributed by atoms with Crippen LogP contribution in [0.3, 0.4) is 0 Å². The van der Waals surface area contributed by atoms with Crippen molar-refractivity contribution in [1.29, 1.82) is 0 Å². The molecule has 0 radical (unpaired) electrons. The van der Waals surface area contributed by atoms with Crippen LogP contribution in [0.4, 0.5) is 0 Å². The van der Waals surface area contributed by atoms with Crippen LogP contribution >= 0.6 is 0 Å². The van der Waals surface area contributed by atoms with Crippen molar-refractivity contribution in [2.24, 2.45) is 0 Å². The molecule has 4 rings (SSSR count). The summed E-state index contributed by atoms with van der Waals surface area (Å²) in [6.07, 6.45) is 0.737. The van der Waals surface area contributed by atoms with Gasteiger partial charge in [-0.25, -0.2) is 0 Å². The second kappa shape index (κ2) is 10.2. The Morgan fingerprint density at radius 3 is 2.38 bits per heavy atom. The number of aliphatic hydroxyl groups excluding tert-OH is 1. The van der Waals surface area contributed by atoms with Gasteiger partial charge in [0.1, 0.15) is 36.1 Å². The van der Waals surface area contributed by atoms with E-state index in [-0.39, 0.29) is 23.2 Å². The number of hydrogen-bond acceptors (Lipinski definition) is 7. The van der Waals surface area contributed by atoms with E-state index >= 15 is 0 Å². The largest absolute Gasteiger partial charge is 0.491 e. The average molecular weight is 467 g/mol. The van der Waals surface area contributed by atoms with Crippen molar-refractivity contribution in [1.82, 2.24) is 9.80 Å². The van der Waals surface area contributed by atoms with Crippen LogP contribution in [0.5, 0.6) is 17.2 Å². The Morgan fingerprint density at radius 2 is 1.71 bits per heavy atom. The van der Waals surface area contributed by atoms with Crippen LogP contribution in [0, 0.1) is 0 Å². The fourth-order valence-corrected chi connectivity index (χ4v) is 3.97. The minimum Gasteiger partial charge on any atom is -0.491 e. The van der Waals surface area contributed by atoms with Gasteiger partial charge in [-0.05, 0) is 42.3 Å². The zero-order chi connectivity index (χ0) is 24.3. The molecule has 3 aromatic rings. The van der Waals surface area contributed by atoms with Crippen molar-refractivity contribution in [2.45, 2.75) is 32.3 Å². The number of fused-ring (bicyclic) bond motifs is 1. The number of likely N-dealkylation sites (N-methyl/N-ethyl adjacent to an activating group) is 1. The number of benzene rings is 2. The maximum Gasteiger partial charge on any atom is 0.235 e.